The number of H-pyrrole nitrogens is 2. The van der Waals surface area contributed by atoms with Gasteiger partial charge in [0.25, 0.3) is 0 Å². The number of likely N-dealkylation sites (tertiary alicyclic amines) is 2. The number of alkyl carbamates (subject to hydrolysis) is 1. The fourth-order valence-corrected chi connectivity index (χ4v) is 9.19. The van der Waals surface area contributed by atoms with Crippen molar-refractivity contribution in [3.63, 3.8) is 0 Å². The molecule has 3 aliphatic rings. The molecule has 0 unspecified atom stereocenters. The summed E-state index contributed by atoms with van der Waals surface area (Å²) in [6, 6.07) is 13.4. The zero-order chi connectivity index (χ0) is 42.4. The topological polar surface area (TPSA) is 177 Å². The maximum absolute atomic E-state index is 14.2. The third-order valence-electron chi connectivity index (χ3n) is 12.1. The lowest BCUT2D eigenvalue weighted by Crippen LogP contribution is -2.53. The van der Waals surface area contributed by atoms with Gasteiger partial charge in [0, 0.05) is 61.9 Å². The second-order valence-corrected chi connectivity index (χ2v) is 17.0. The minimum Gasteiger partial charge on any atom is -0.465 e. The van der Waals surface area contributed by atoms with Gasteiger partial charge < -0.3 is 34.9 Å². The average molecular weight is 815 g/mol. The Labute approximate surface area is 341 Å². The highest BCUT2D eigenvalue weighted by Crippen LogP contribution is 2.60. The fourth-order valence-electron chi connectivity index (χ4n) is 9.19. The lowest BCUT2D eigenvalue weighted by atomic mass is 9.65. The Kier molecular flexibility index (Phi) is 11.3. The first-order valence-corrected chi connectivity index (χ1v) is 20.1. The summed E-state index contributed by atoms with van der Waals surface area (Å²) in [6.07, 6.45) is 2.96. The first kappa shape index (κ1) is 41.4. The summed E-state index contributed by atoms with van der Waals surface area (Å²) in [5.41, 5.74) is 4.34. The Morgan fingerprint density at radius 1 is 0.831 bits per heavy atom. The van der Waals surface area contributed by atoms with Gasteiger partial charge in [-0.3, -0.25) is 14.5 Å². The molecule has 1 spiro atoms. The van der Waals surface area contributed by atoms with E-state index in [2.05, 4.69) is 15.3 Å². The average Bonchev–Trinajstić information content (AvgIpc) is 4.02. The van der Waals surface area contributed by atoms with Crippen LogP contribution in [0.5, 0.6) is 0 Å². The molecule has 3 fully saturated rings. The van der Waals surface area contributed by atoms with Gasteiger partial charge in [0.05, 0.1) is 30.6 Å². The third-order valence-corrected chi connectivity index (χ3v) is 12.1. The quantitative estimate of drug-likeness (QED) is 0.120. The predicted molar refractivity (Wildman–Crippen MR) is 215 cm³/mol. The van der Waals surface area contributed by atoms with E-state index >= 15 is 0 Å². The molecule has 4 aromatic rings. The van der Waals surface area contributed by atoms with Crippen molar-refractivity contribution in [3.8, 4) is 33.6 Å². The number of benzene rings is 2. The molecule has 4 atom stereocenters. The molecule has 2 aliphatic heterocycles. The molecule has 4 heterocycles. The van der Waals surface area contributed by atoms with Gasteiger partial charge in [0.15, 0.2) is 0 Å². The first-order valence-electron chi connectivity index (χ1n) is 20.1. The SMILES string of the molecule is COC(=O)N[C@H](C(=O)N1CC2(C[C@H]1c1nc(-c3ccc(-c4ccc(-c5c[nH]c([C@@H]6CCCN6C(=O)[C@H](C(C)C)N(C)C(=O)O)n5)cc4)cc3)c[nH]1)CC(F)(F)C2)C(C)C. The van der Waals surface area contributed by atoms with Gasteiger partial charge in [-0.2, -0.15) is 0 Å². The molecule has 7 rings (SSSR count). The van der Waals surface area contributed by atoms with Crippen LogP contribution in [0.15, 0.2) is 60.9 Å². The van der Waals surface area contributed by atoms with Crippen molar-refractivity contribution in [3.05, 3.63) is 72.6 Å². The molecule has 2 saturated heterocycles. The number of aromatic nitrogens is 4. The Balaban J connectivity index is 1.04. The third kappa shape index (κ3) is 8.26. The van der Waals surface area contributed by atoms with Crippen LogP contribution < -0.4 is 5.32 Å². The van der Waals surface area contributed by atoms with Crippen LogP contribution in [0.1, 0.15) is 83.5 Å². The van der Waals surface area contributed by atoms with E-state index in [-0.39, 0.29) is 49.1 Å². The van der Waals surface area contributed by atoms with E-state index in [4.69, 9.17) is 14.7 Å². The molecule has 1 aliphatic carbocycles. The normalized spacial score (nSPS) is 20.4. The highest BCUT2D eigenvalue weighted by atomic mass is 19.3. The van der Waals surface area contributed by atoms with Crippen molar-refractivity contribution in [2.75, 3.05) is 27.2 Å². The van der Waals surface area contributed by atoms with E-state index in [0.29, 0.717) is 30.3 Å². The number of likely N-dealkylation sites (N-methyl/N-ethyl adjacent to an activating group) is 1. The molecule has 1 saturated carbocycles. The molecule has 2 aromatic heterocycles. The van der Waals surface area contributed by atoms with Crippen LogP contribution in [0.25, 0.3) is 33.6 Å². The maximum atomic E-state index is 14.2. The molecule has 4 N–H and O–H groups in total. The number of methoxy groups -OCH3 is 1. The van der Waals surface area contributed by atoms with E-state index in [0.717, 1.165) is 45.7 Å². The summed E-state index contributed by atoms with van der Waals surface area (Å²) in [6.45, 7) is 7.99. The van der Waals surface area contributed by atoms with Crippen LogP contribution in [0.4, 0.5) is 18.4 Å². The number of nitrogens with zero attached hydrogens (tertiary/aromatic N) is 5. The molecule has 14 nitrogen and oxygen atoms in total. The van der Waals surface area contributed by atoms with Crippen molar-refractivity contribution in [1.29, 1.82) is 0 Å². The number of carbonyl (C=O) groups excluding carboxylic acids is 3. The van der Waals surface area contributed by atoms with Crippen LogP contribution in [0.2, 0.25) is 0 Å². The van der Waals surface area contributed by atoms with Crippen molar-refractivity contribution in [2.24, 2.45) is 17.3 Å². The number of rotatable bonds is 11. The monoisotopic (exact) mass is 814 g/mol. The number of hydrogen-bond donors (Lipinski definition) is 4. The van der Waals surface area contributed by atoms with Gasteiger partial charge in [0.2, 0.25) is 17.7 Å². The van der Waals surface area contributed by atoms with Crippen molar-refractivity contribution in [1.82, 2.24) is 40.0 Å². The molecule has 16 heteroatoms. The van der Waals surface area contributed by atoms with Gasteiger partial charge in [0.1, 0.15) is 23.7 Å². The van der Waals surface area contributed by atoms with Crippen molar-refractivity contribution in [2.45, 2.75) is 89.9 Å². The number of amides is 4. The summed E-state index contributed by atoms with van der Waals surface area (Å²) in [5.74, 6) is -2.65. The smallest absolute Gasteiger partial charge is 0.407 e. The lowest BCUT2D eigenvalue weighted by Gasteiger charge is -2.44. The highest BCUT2D eigenvalue weighted by Gasteiger charge is 2.62. The fraction of sp³-hybridized carbons (Fsp3) is 0.488. The Morgan fingerprint density at radius 2 is 1.36 bits per heavy atom. The van der Waals surface area contributed by atoms with Gasteiger partial charge in [-0.05, 0) is 42.2 Å². The molecule has 2 aromatic carbocycles. The summed E-state index contributed by atoms with van der Waals surface area (Å²) in [5, 5.41) is 12.2. The Hall–Kier alpha value is -5.80. The van der Waals surface area contributed by atoms with E-state index in [1.807, 2.05) is 68.6 Å². The van der Waals surface area contributed by atoms with E-state index < -0.39 is 41.6 Å². The van der Waals surface area contributed by atoms with Crippen molar-refractivity contribution < 1.29 is 37.8 Å². The van der Waals surface area contributed by atoms with Gasteiger partial charge in [-0.25, -0.2) is 28.3 Å². The summed E-state index contributed by atoms with van der Waals surface area (Å²) in [7, 11) is 2.65. The molecule has 314 valence electrons. The number of halogens is 2. The Bertz CT molecular complexity index is 2180. The number of ether oxygens (including phenoxy) is 1. The molecule has 0 radical (unpaired) electrons. The number of carbonyl (C=O) groups is 4. The summed E-state index contributed by atoms with van der Waals surface area (Å²) < 4.78 is 33.2. The summed E-state index contributed by atoms with van der Waals surface area (Å²) in [4.78, 5) is 72.0. The standard InChI is InChI=1S/C43H52F2N8O6/c1-24(2)34(50-40(56)59-6)38(54)53-23-42(21-43(44,45)22-42)18-33(53)37-47-20-31(49-37)29-15-11-27(12-16-29)26-9-13-28(14-10-26)30-19-46-36(48-30)32-8-7-17-52(32)39(55)35(25(3)4)51(5)41(57)58/h9-16,19-20,24-25,32-35H,7-8,17-18,21-23H2,1-6H3,(H,46,48)(H,47,49)(H,50,56)(H,57,58)/t32-,33-,34-,35-/m0/s1. The molecule has 4 amide bonds. The number of nitrogens with one attached hydrogen (secondary N) is 3. The van der Waals surface area contributed by atoms with E-state index in [9.17, 15) is 33.1 Å². The van der Waals surface area contributed by atoms with Gasteiger partial charge >= 0.3 is 12.2 Å². The van der Waals surface area contributed by atoms with Gasteiger partial charge in [-0.15, -0.1) is 0 Å². The predicted octanol–water partition coefficient (Wildman–Crippen LogP) is 7.50. The van der Waals surface area contributed by atoms with Crippen LogP contribution in [0.3, 0.4) is 0 Å². The minimum absolute atomic E-state index is 0.149. The number of aromatic amines is 2. The minimum atomic E-state index is -2.77. The van der Waals surface area contributed by atoms with Crippen LogP contribution >= 0.6 is 0 Å². The Morgan fingerprint density at radius 3 is 1.83 bits per heavy atom. The first-order chi connectivity index (χ1) is 28.0. The molecular formula is C43H52F2N8O6. The number of carboxylic acid groups (broad SMARTS) is 1. The molecular weight excluding hydrogens is 763 g/mol. The second kappa shape index (κ2) is 16.1. The summed E-state index contributed by atoms with van der Waals surface area (Å²) >= 11 is 0. The van der Waals surface area contributed by atoms with E-state index in [1.165, 1.54) is 14.2 Å². The molecule has 0 bridgehead atoms. The number of hydrogen-bond acceptors (Lipinski definition) is 7. The van der Waals surface area contributed by atoms with Crippen LogP contribution in [-0.4, -0.2) is 109 Å². The van der Waals surface area contributed by atoms with E-state index in [1.54, 1.807) is 29.8 Å². The second-order valence-electron chi connectivity index (χ2n) is 17.0. The van der Waals surface area contributed by atoms with Crippen LogP contribution in [-0.2, 0) is 14.3 Å². The molecule has 59 heavy (non-hydrogen) atoms. The highest BCUT2D eigenvalue weighted by molar-refractivity contribution is 5.87. The van der Waals surface area contributed by atoms with Crippen LogP contribution in [0, 0.1) is 17.3 Å². The lowest BCUT2D eigenvalue weighted by molar-refractivity contribution is -0.159. The largest absolute Gasteiger partial charge is 0.465 e. The van der Waals surface area contributed by atoms with Crippen molar-refractivity contribution >= 4 is 24.0 Å². The number of alkyl halides is 2. The zero-order valence-electron chi connectivity index (χ0n) is 34.2. The maximum Gasteiger partial charge on any atom is 0.407 e. The zero-order valence-corrected chi connectivity index (χ0v) is 34.2. The van der Waals surface area contributed by atoms with Gasteiger partial charge in [-0.1, -0.05) is 76.2 Å². The number of imidazole rings is 2.